The quantitative estimate of drug-likeness (QED) is 0.791. The van der Waals surface area contributed by atoms with E-state index < -0.39 is 0 Å². The Hall–Kier alpha value is -1.42. The largest absolute Gasteiger partial charge is 0.383 e. The van der Waals surface area contributed by atoms with E-state index in [1.165, 1.54) is 6.33 Å². The minimum Gasteiger partial charge on any atom is -0.383 e. The zero-order valence-corrected chi connectivity index (χ0v) is 8.90. The van der Waals surface area contributed by atoms with Crippen LogP contribution in [0.3, 0.4) is 0 Å². The molecule has 0 radical (unpaired) electrons. The summed E-state index contributed by atoms with van der Waals surface area (Å²) in [6, 6.07) is 9.81. The predicted molar refractivity (Wildman–Crippen MR) is 59.6 cm³/mol. The lowest BCUT2D eigenvalue weighted by Gasteiger charge is -2.05. The van der Waals surface area contributed by atoms with Gasteiger partial charge >= 0.3 is 0 Å². The van der Waals surface area contributed by atoms with E-state index in [1.807, 2.05) is 30.3 Å². The van der Waals surface area contributed by atoms with Crippen molar-refractivity contribution in [3.05, 3.63) is 41.3 Å². The summed E-state index contributed by atoms with van der Waals surface area (Å²) < 4.78 is 0.719. The third kappa shape index (κ3) is 1.61. The van der Waals surface area contributed by atoms with Gasteiger partial charge in [-0.2, -0.15) is 0 Å². The van der Waals surface area contributed by atoms with Gasteiger partial charge in [-0.05, 0) is 21.5 Å². The first-order chi connectivity index (χ1) is 6.79. The van der Waals surface area contributed by atoms with Crippen LogP contribution in [-0.2, 0) is 0 Å². The molecule has 0 unspecified atom stereocenters. The van der Waals surface area contributed by atoms with Crippen molar-refractivity contribution in [1.29, 1.82) is 0 Å². The van der Waals surface area contributed by atoms with Gasteiger partial charge in [-0.15, -0.1) is 0 Å². The van der Waals surface area contributed by atoms with Gasteiger partial charge in [0.15, 0.2) is 0 Å². The highest BCUT2D eigenvalue weighted by molar-refractivity contribution is 9.10. The number of benzene rings is 1. The van der Waals surface area contributed by atoms with E-state index in [0.717, 1.165) is 15.7 Å². The van der Waals surface area contributed by atoms with Gasteiger partial charge in [-0.3, -0.25) is 0 Å². The van der Waals surface area contributed by atoms with Crippen LogP contribution in [0.15, 0.2) is 41.3 Å². The Kier molecular flexibility index (Phi) is 2.45. The maximum absolute atomic E-state index is 5.77. The molecule has 3 nitrogen and oxygen atoms in total. The van der Waals surface area contributed by atoms with E-state index in [4.69, 9.17) is 5.73 Å². The summed E-state index contributed by atoms with van der Waals surface area (Å²) >= 11 is 3.35. The molecule has 0 fully saturated rings. The minimum absolute atomic E-state index is 0.484. The highest BCUT2D eigenvalue weighted by atomic mass is 79.9. The first kappa shape index (κ1) is 9.15. The summed E-state index contributed by atoms with van der Waals surface area (Å²) in [6.07, 6.45) is 1.44. The van der Waals surface area contributed by atoms with Crippen molar-refractivity contribution < 1.29 is 0 Å². The number of rotatable bonds is 1. The van der Waals surface area contributed by atoms with Crippen LogP contribution < -0.4 is 5.73 Å². The molecule has 1 aromatic carbocycles. The molecule has 0 atom stereocenters. The highest BCUT2D eigenvalue weighted by Gasteiger charge is 2.07. The molecule has 0 amide bonds. The first-order valence-electron chi connectivity index (χ1n) is 4.10. The van der Waals surface area contributed by atoms with Crippen molar-refractivity contribution in [3.8, 4) is 11.1 Å². The minimum atomic E-state index is 0.484. The summed E-state index contributed by atoms with van der Waals surface area (Å²) in [5.41, 5.74) is 7.62. The van der Waals surface area contributed by atoms with Crippen LogP contribution in [0, 0.1) is 0 Å². The Balaban J connectivity index is 2.63. The number of aromatic nitrogens is 2. The van der Waals surface area contributed by atoms with E-state index >= 15 is 0 Å². The third-order valence-electron chi connectivity index (χ3n) is 1.89. The Labute approximate surface area is 90.1 Å². The molecule has 0 saturated carbocycles. The summed E-state index contributed by atoms with van der Waals surface area (Å²) in [7, 11) is 0. The van der Waals surface area contributed by atoms with Crippen LogP contribution in [0.2, 0.25) is 0 Å². The molecule has 1 aromatic heterocycles. The van der Waals surface area contributed by atoms with Crippen LogP contribution in [0.1, 0.15) is 0 Å². The van der Waals surface area contributed by atoms with Crippen LogP contribution in [0.25, 0.3) is 11.1 Å². The summed E-state index contributed by atoms with van der Waals surface area (Å²) in [4.78, 5) is 7.99. The van der Waals surface area contributed by atoms with E-state index in [9.17, 15) is 0 Å². The second-order valence-corrected chi connectivity index (χ2v) is 3.54. The van der Waals surface area contributed by atoms with Crippen LogP contribution in [-0.4, -0.2) is 9.97 Å². The number of nitrogen functional groups attached to an aromatic ring is 1. The van der Waals surface area contributed by atoms with Gasteiger partial charge in [0.2, 0.25) is 0 Å². The lowest BCUT2D eigenvalue weighted by molar-refractivity contribution is 1.15. The smallest absolute Gasteiger partial charge is 0.135 e. The monoisotopic (exact) mass is 249 g/mol. The van der Waals surface area contributed by atoms with Gasteiger partial charge < -0.3 is 5.73 Å². The molecule has 1 heterocycles. The van der Waals surface area contributed by atoms with Crippen molar-refractivity contribution in [2.75, 3.05) is 5.73 Å². The zero-order valence-electron chi connectivity index (χ0n) is 7.31. The Morgan fingerprint density at radius 2 is 1.79 bits per heavy atom. The van der Waals surface area contributed by atoms with Gasteiger partial charge in [-0.1, -0.05) is 30.3 Å². The Morgan fingerprint density at radius 3 is 2.43 bits per heavy atom. The molecule has 2 rings (SSSR count). The fourth-order valence-electron chi connectivity index (χ4n) is 1.25. The van der Waals surface area contributed by atoms with Crippen molar-refractivity contribution in [1.82, 2.24) is 9.97 Å². The summed E-state index contributed by atoms with van der Waals surface area (Å²) in [6.45, 7) is 0. The highest BCUT2D eigenvalue weighted by Crippen LogP contribution is 2.29. The maximum atomic E-state index is 5.77. The SMILES string of the molecule is Nc1ncnc(Br)c1-c1ccccc1. The van der Waals surface area contributed by atoms with Gasteiger partial charge in [0.05, 0.1) is 5.56 Å². The number of halogens is 1. The average Bonchev–Trinajstić information content (AvgIpc) is 2.19. The van der Waals surface area contributed by atoms with Crippen molar-refractivity contribution >= 4 is 21.7 Å². The van der Waals surface area contributed by atoms with Crippen LogP contribution in [0.4, 0.5) is 5.82 Å². The molecule has 0 aliphatic rings. The van der Waals surface area contributed by atoms with Crippen molar-refractivity contribution in [2.45, 2.75) is 0 Å². The second kappa shape index (κ2) is 3.75. The molecule has 0 saturated heterocycles. The van der Waals surface area contributed by atoms with E-state index in [0.29, 0.717) is 5.82 Å². The number of hydrogen-bond acceptors (Lipinski definition) is 3. The van der Waals surface area contributed by atoms with Crippen LogP contribution in [0.5, 0.6) is 0 Å². The summed E-state index contributed by atoms with van der Waals surface area (Å²) in [5, 5.41) is 0. The number of anilines is 1. The Morgan fingerprint density at radius 1 is 1.07 bits per heavy atom. The van der Waals surface area contributed by atoms with Gasteiger partial charge in [-0.25, -0.2) is 9.97 Å². The molecule has 0 spiro atoms. The van der Waals surface area contributed by atoms with Crippen molar-refractivity contribution in [3.63, 3.8) is 0 Å². The van der Waals surface area contributed by atoms with E-state index in [-0.39, 0.29) is 0 Å². The maximum Gasteiger partial charge on any atom is 0.135 e. The van der Waals surface area contributed by atoms with Gasteiger partial charge in [0, 0.05) is 0 Å². The molecule has 4 heteroatoms. The average molecular weight is 250 g/mol. The van der Waals surface area contributed by atoms with E-state index in [2.05, 4.69) is 25.9 Å². The van der Waals surface area contributed by atoms with Gasteiger partial charge in [0.25, 0.3) is 0 Å². The molecule has 2 N–H and O–H groups in total. The number of hydrogen-bond donors (Lipinski definition) is 1. The number of nitrogens with two attached hydrogens (primary N) is 1. The molecule has 2 aromatic rings. The standard InChI is InChI=1S/C10H8BrN3/c11-9-8(10(12)14-6-13-9)7-4-2-1-3-5-7/h1-6H,(H2,12,13,14). The topological polar surface area (TPSA) is 51.8 Å². The first-order valence-corrected chi connectivity index (χ1v) is 4.89. The fourth-order valence-corrected chi connectivity index (χ4v) is 1.77. The molecule has 0 aliphatic carbocycles. The van der Waals surface area contributed by atoms with E-state index in [1.54, 1.807) is 0 Å². The lowest BCUT2D eigenvalue weighted by atomic mass is 10.1. The van der Waals surface area contributed by atoms with Gasteiger partial charge in [0.1, 0.15) is 16.7 Å². The third-order valence-corrected chi connectivity index (χ3v) is 2.49. The molecule has 0 aliphatic heterocycles. The lowest BCUT2D eigenvalue weighted by Crippen LogP contribution is -1.96. The molecule has 70 valence electrons. The predicted octanol–water partition coefficient (Wildman–Crippen LogP) is 2.49. The van der Waals surface area contributed by atoms with Crippen molar-refractivity contribution in [2.24, 2.45) is 0 Å². The molecular formula is C10H8BrN3. The fraction of sp³-hybridized carbons (Fsp3) is 0. The zero-order chi connectivity index (χ0) is 9.97. The normalized spacial score (nSPS) is 10.1. The van der Waals surface area contributed by atoms with Crippen LogP contribution >= 0.6 is 15.9 Å². The second-order valence-electron chi connectivity index (χ2n) is 2.79. The molecular weight excluding hydrogens is 242 g/mol. The number of nitrogens with zero attached hydrogens (tertiary/aromatic N) is 2. The molecule has 0 bridgehead atoms. The Bertz CT molecular complexity index is 422. The molecule has 14 heavy (non-hydrogen) atoms. The summed E-state index contributed by atoms with van der Waals surface area (Å²) in [5.74, 6) is 0.484.